The van der Waals surface area contributed by atoms with E-state index in [2.05, 4.69) is 10.3 Å². The monoisotopic (exact) mass is 326 g/mol. The summed E-state index contributed by atoms with van der Waals surface area (Å²) in [5.41, 5.74) is 2.80. The Morgan fingerprint density at radius 3 is 2.54 bits per heavy atom. The largest absolute Gasteiger partial charge is 0.386 e. The van der Waals surface area contributed by atoms with Gasteiger partial charge >= 0.3 is 0 Å². The number of fused-ring (bicyclic) bond motifs is 1. The molecule has 2 atom stereocenters. The van der Waals surface area contributed by atoms with Gasteiger partial charge in [-0.3, -0.25) is 4.79 Å². The molecule has 5 heteroatoms. The summed E-state index contributed by atoms with van der Waals surface area (Å²) in [5.74, 6) is -0.615. The van der Waals surface area contributed by atoms with Crippen LogP contribution in [0.5, 0.6) is 0 Å². The van der Waals surface area contributed by atoms with E-state index in [1.165, 1.54) is 24.3 Å². The highest BCUT2D eigenvalue weighted by Crippen LogP contribution is 2.23. The second-order valence-corrected chi connectivity index (χ2v) is 5.93. The number of aryl methyl sites for hydroxylation is 1. The molecule has 3 rings (SSSR count). The standard InChI is InChI=1S/C19H19FN2O2/c1-11-17(15-5-3-4-6-16(15)21-11)19(24)22-12(2)18(23)13-7-9-14(20)10-8-13/h3-10,12,18,21,23H,1-2H3,(H,22,24)/t12-,18-/m0/s1. The molecule has 1 amide bonds. The van der Waals surface area contributed by atoms with Crippen LogP contribution >= 0.6 is 0 Å². The number of aliphatic hydroxyl groups excluding tert-OH is 1. The van der Waals surface area contributed by atoms with Crippen molar-refractivity contribution < 1.29 is 14.3 Å². The van der Waals surface area contributed by atoms with Gasteiger partial charge in [-0.15, -0.1) is 0 Å². The zero-order valence-electron chi connectivity index (χ0n) is 13.5. The van der Waals surface area contributed by atoms with Gasteiger partial charge in [-0.1, -0.05) is 30.3 Å². The van der Waals surface area contributed by atoms with Gasteiger partial charge in [0.15, 0.2) is 0 Å². The van der Waals surface area contributed by atoms with Crippen molar-refractivity contribution in [3.63, 3.8) is 0 Å². The molecule has 0 bridgehead atoms. The van der Waals surface area contributed by atoms with Crippen molar-refractivity contribution >= 4 is 16.8 Å². The zero-order valence-corrected chi connectivity index (χ0v) is 13.5. The maximum absolute atomic E-state index is 13.0. The summed E-state index contributed by atoms with van der Waals surface area (Å²) < 4.78 is 13.0. The molecule has 1 heterocycles. The maximum atomic E-state index is 13.0. The Labute approximate surface area is 139 Å². The summed E-state index contributed by atoms with van der Waals surface area (Å²) in [6.07, 6.45) is -0.917. The minimum absolute atomic E-state index is 0.251. The van der Waals surface area contributed by atoms with E-state index in [0.29, 0.717) is 11.1 Å². The van der Waals surface area contributed by atoms with Crippen LogP contribution in [-0.2, 0) is 0 Å². The first-order valence-corrected chi connectivity index (χ1v) is 7.79. The predicted octanol–water partition coefficient (Wildman–Crippen LogP) is 3.47. The second-order valence-electron chi connectivity index (χ2n) is 5.93. The van der Waals surface area contributed by atoms with E-state index in [-0.39, 0.29) is 11.7 Å². The molecule has 0 saturated carbocycles. The number of aromatic amines is 1. The molecule has 0 aliphatic rings. The molecular weight excluding hydrogens is 307 g/mol. The molecular formula is C19H19FN2O2. The Hall–Kier alpha value is -2.66. The molecule has 3 aromatic rings. The van der Waals surface area contributed by atoms with Gasteiger partial charge < -0.3 is 15.4 Å². The summed E-state index contributed by atoms with van der Waals surface area (Å²) in [5, 5.41) is 14.0. The number of nitrogens with one attached hydrogen (secondary N) is 2. The zero-order chi connectivity index (χ0) is 17.3. The first-order valence-electron chi connectivity index (χ1n) is 7.79. The highest BCUT2D eigenvalue weighted by molar-refractivity contribution is 6.08. The van der Waals surface area contributed by atoms with E-state index in [1.54, 1.807) is 6.92 Å². The second kappa shape index (κ2) is 6.45. The Morgan fingerprint density at radius 1 is 1.17 bits per heavy atom. The minimum atomic E-state index is -0.917. The number of hydrogen-bond acceptors (Lipinski definition) is 2. The summed E-state index contributed by atoms with van der Waals surface area (Å²) in [4.78, 5) is 15.8. The summed E-state index contributed by atoms with van der Waals surface area (Å²) in [7, 11) is 0. The summed E-state index contributed by atoms with van der Waals surface area (Å²) in [6, 6.07) is 12.7. The number of benzene rings is 2. The molecule has 1 aromatic heterocycles. The summed E-state index contributed by atoms with van der Waals surface area (Å²) in [6.45, 7) is 3.56. The molecule has 0 aliphatic heterocycles. The van der Waals surface area contributed by atoms with Crippen LogP contribution in [0.1, 0.15) is 34.6 Å². The van der Waals surface area contributed by atoms with E-state index in [9.17, 15) is 14.3 Å². The smallest absolute Gasteiger partial charge is 0.254 e. The van der Waals surface area contributed by atoms with Crippen molar-refractivity contribution in [1.29, 1.82) is 0 Å². The number of aromatic nitrogens is 1. The average Bonchev–Trinajstić information content (AvgIpc) is 2.90. The molecule has 0 fully saturated rings. The van der Waals surface area contributed by atoms with Gasteiger partial charge in [0, 0.05) is 16.6 Å². The highest BCUT2D eigenvalue weighted by Gasteiger charge is 2.22. The Balaban J connectivity index is 1.80. The Kier molecular flexibility index (Phi) is 4.36. The third-order valence-corrected chi connectivity index (χ3v) is 4.16. The number of H-pyrrole nitrogens is 1. The third-order valence-electron chi connectivity index (χ3n) is 4.16. The average molecular weight is 326 g/mol. The number of hydrogen-bond donors (Lipinski definition) is 3. The van der Waals surface area contributed by atoms with Crippen molar-refractivity contribution in [3.05, 3.63) is 71.2 Å². The predicted molar refractivity (Wildman–Crippen MR) is 91.3 cm³/mol. The van der Waals surface area contributed by atoms with Gasteiger partial charge in [-0.05, 0) is 37.6 Å². The van der Waals surface area contributed by atoms with Crippen molar-refractivity contribution in [2.24, 2.45) is 0 Å². The lowest BCUT2D eigenvalue weighted by Gasteiger charge is -2.20. The van der Waals surface area contributed by atoms with Gasteiger partial charge in [0.2, 0.25) is 0 Å². The van der Waals surface area contributed by atoms with E-state index in [1.807, 2.05) is 31.2 Å². The number of amides is 1. The normalized spacial score (nSPS) is 13.7. The van der Waals surface area contributed by atoms with Crippen LogP contribution in [0.2, 0.25) is 0 Å². The van der Waals surface area contributed by atoms with Gasteiger partial charge in [0.05, 0.1) is 17.7 Å². The van der Waals surface area contributed by atoms with Crippen LogP contribution in [0.25, 0.3) is 10.9 Å². The van der Waals surface area contributed by atoms with E-state index < -0.39 is 12.1 Å². The lowest BCUT2D eigenvalue weighted by molar-refractivity contribution is 0.0853. The van der Waals surface area contributed by atoms with Crippen LogP contribution in [0, 0.1) is 12.7 Å². The fraction of sp³-hybridized carbons (Fsp3) is 0.211. The fourth-order valence-electron chi connectivity index (χ4n) is 2.88. The quantitative estimate of drug-likeness (QED) is 0.687. The van der Waals surface area contributed by atoms with Crippen LogP contribution in [0.3, 0.4) is 0 Å². The van der Waals surface area contributed by atoms with E-state index in [4.69, 9.17) is 0 Å². The molecule has 4 nitrogen and oxygen atoms in total. The first kappa shape index (κ1) is 16.2. The lowest BCUT2D eigenvalue weighted by atomic mass is 10.0. The number of carbonyl (C=O) groups is 1. The molecule has 3 N–H and O–H groups in total. The van der Waals surface area contributed by atoms with Crippen molar-refractivity contribution in [2.75, 3.05) is 0 Å². The number of carbonyl (C=O) groups excluding carboxylic acids is 1. The van der Waals surface area contributed by atoms with Gasteiger partial charge in [-0.2, -0.15) is 0 Å². The maximum Gasteiger partial charge on any atom is 0.254 e. The SMILES string of the molecule is Cc1[nH]c2ccccc2c1C(=O)N[C@@H](C)[C@H](O)c1ccc(F)cc1. The Morgan fingerprint density at radius 2 is 1.83 bits per heavy atom. The number of halogens is 1. The minimum Gasteiger partial charge on any atom is -0.386 e. The summed E-state index contributed by atoms with van der Waals surface area (Å²) >= 11 is 0. The number of para-hydroxylation sites is 1. The van der Waals surface area contributed by atoms with Crippen LogP contribution in [-0.4, -0.2) is 22.0 Å². The van der Waals surface area contributed by atoms with Gasteiger partial charge in [-0.25, -0.2) is 4.39 Å². The molecule has 0 saturated heterocycles. The third kappa shape index (κ3) is 3.03. The van der Waals surface area contributed by atoms with Crippen molar-refractivity contribution in [2.45, 2.75) is 26.0 Å². The van der Waals surface area contributed by atoms with E-state index in [0.717, 1.165) is 16.6 Å². The van der Waals surface area contributed by atoms with Gasteiger partial charge in [0.1, 0.15) is 5.82 Å². The number of rotatable bonds is 4. The molecule has 124 valence electrons. The number of aliphatic hydroxyl groups is 1. The van der Waals surface area contributed by atoms with E-state index >= 15 is 0 Å². The molecule has 24 heavy (non-hydrogen) atoms. The van der Waals surface area contributed by atoms with Crippen molar-refractivity contribution in [3.8, 4) is 0 Å². The van der Waals surface area contributed by atoms with Gasteiger partial charge in [0.25, 0.3) is 5.91 Å². The van der Waals surface area contributed by atoms with Crippen LogP contribution in [0.4, 0.5) is 4.39 Å². The topological polar surface area (TPSA) is 65.1 Å². The molecule has 0 spiro atoms. The van der Waals surface area contributed by atoms with Crippen molar-refractivity contribution in [1.82, 2.24) is 10.3 Å². The fourth-order valence-corrected chi connectivity index (χ4v) is 2.88. The van der Waals surface area contributed by atoms with Crippen LogP contribution < -0.4 is 5.32 Å². The molecule has 0 radical (unpaired) electrons. The highest BCUT2D eigenvalue weighted by atomic mass is 19.1. The first-order chi connectivity index (χ1) is 11.5. The molecule has 0 unspecified atom stereocenters. The lowest BCUT2D eigenvalue weighted by Crippen LogP contribution is -2.37. The molecule has 0 aliphatic carbocycles. The molecule has 2 aromatic carbocycles. The van der Waals surface area contributed by atoms with Crippen LogP contribution in [0.15, 0.2) is 48.5 Å². The Bertz CT molecular complexity index is 871.